The van der Waals surface area contributed by atoms with Gasteiger partial charge in [0, 0.05) is 11.1 Å². The van der Waals surface area contributed by atoms with E-state index in [0.717, 1.165) is 33.5 Å². The number of carbonyl (C=O) groups excluding carboxylic acids is 1. The van der Waals surface area contributed by atoms with E-state index in [-0.39, 0.29) is 6.03 Å². The number of aromatic nitrogens is 1. The predicted molar refractivity (Wildman–Crippen MR) is 118 cm³/mol. The van der Waals surface area contributed by atoms with E-state index >= 15 is 0 Å². The summed E-state index contributed by atoms with van der Waals surface area (Å²) >= 11 is 0. The number of aromatic amines is 1. The van der Waals surface area contributed by atoms with Crippen LogP contribution < -0.4 is 25.7 Å². The Kier molecular flexibility index (Phi) is 6.71. The molecule has 0 fully saturated rings. The number of fused-ring (bicyclic) bond motifs is 1. The molecule has 0 bridgehead atoms. The number of anilines is 2. The van der Waals surface area contributed by atoms with Crippen molar-refractivity contribution < 1.29 is 14.5 Å². The second kappa shape index (κ2) is 9.61. The average molecular weight is 404 g/mol. The van der Waals surface area contributed by atoms with Gasteiger partial charge in [0.25, 0.3) is 5.82 Å². The Labute approximate surface area is 176 Å². The minimum atomic E-state index is -0.263. The molecular weight excluding hydrogens is 378 g/mol. The quantitative estimate of drug-likeness (QED) is 0.522. The Bertz CT molecular complexity index is 1080. The molecule has 0 aliphatic carbocycles. The molecule has 0 atom stereocenters. The third-order valence-electron chi connectivity index (χ3n) is 4.72. The van der Waals surface area contributed by atoms with Crippen LogP contribution in [-0.4, -0.2) is 25.7 Å². The second-order valence-electron chi connectivity index (χ2n) is 6.93. The van der Waals surface area contributed by atoms with Crippen LogP contribution in [0.4, 0.5) is 16.3 Å². The van der Waals surface area contributed by atoms with Crippen molar-refractivity contribution in [2.45, 2.75) is 20.8 Å². The fourth-order valence-electron chi connectivity index (χ4n) is 3.22. The summed E-state index contributed by atoms with van der Waals surface area (Å²) in [6, 6.07) is 15.3. The molecule has 0 saturated carbocycles. The highest BCUT2D eigenvalue weighted by atomic mass is 16.5. The molecule has 30 heavy (non-hydrogen) atoms. The summed E-state index contributed by atoms with van der Waals surface area (Å²) in [5, 5.41) is 19.3. The summed E-state index contributed by atoms with van der Waals surface area (Å²) in [6.07, 6.45) is 0. The molecule has 3 aromatic rings. The lowest BCUT2D eigenvalue weighted by Gasteiger charge is -2.12. The van der Waals surface area contributed by atoms with Gasteiger partial charge < -0.3 is 15.4 Å². The standard InChI is InChI=1S/C23H25N5O2/c1-4-30-19-8-9-20-17(13-19)12-18(14-24)22(27-20)25-10-11-26-23(29)28-21-15(2)6-5-7-16(21)3/h5-9,12-13H,4,10-11H2,1-3H3,(H,25,27)(H2,26,28,29)/p+1. The van der Waals surface area contributed by atoms with Crippen LogP contribution in [0.25, 0.3) is 10.9 Å². The number of benzene rings is 2. The summed E-state index contributed by atoms with van der Waals surface area (Å²) in [4.78, 5) is 15.4. The minimum Gasteiger partial charge on any atom is -0.494 e. The third-order valence-corrected chi connectivity index (χ3v) is 4.72. The number of para-hydroxylation sites is 1. The Morgan fingerprint density at radius 3 is 2.60 bits per heavy atom. The lowest BCUT2D eigenvalue weighted by molar-refractivity contribution is -0.327. The van der Waals surface area contributed by atoms with Crippen molar-refractivity contribution in [2.75, 3.05) is 30.3 Å². The van der Waals surface area contributed by atoms with Gasteiger partial charge in [-0.1, -0.05) is 18.2 Å². The number of nitriles is 1. The number of hydrogen-bond donors (Lipinski definition) is 3. The smallest absolute Gasteiger partial charge is 0.319 e. The lowest BCUT2D eigenvalue weighted by atomic mass is 10.1. The van der Waals surface area contributed by atoms with E-state index in [4.69, 9.17) is 4.74 Å². The van der Waals surface area contributed by atoms with Gasteiger partial charge in [0.15, 0.2) is 0 Å². The monoisotopic (exact) mass is 404 g/mol. The van der Waals surface area contributed by atoms with Crippen LogP contribution in [0.15, 0.2) is 42.5 Å². The number of nitrogens with one attached hydrogen (secondary N) is 4. The van der Waals surface area contributed by atoms with Gasteiger partial charge in [0.2, 0.25) is 0 Å². The predicted octanol–water partition coefficient (Wildman–Crippen LogP) is 3.77. The number of aryl methyl sites for hydroxylation is 2. The summed E-state index contributed by atoms with van der Waals surface area (Å²) in [6.45, 7) is 7.30. The first-order valence-electron chi connectivity index (χ1n) is 9.89. The molecule has 0 unspecified atom stereocenters. The lowest BCUT2D eigenvalue weighted by Crippen LogP contribution is -2.33. The van der Waals surface area contributed by atoms with Gasteiger partial charge in [0.1, 0.15) is 29.4 Å². The molecule has 0 aliphatic rings. The molecule has 7 nitrogen and oxygen atoms in total. The zero-order valence-corrected chi connectivity index (χ0v) is 17.4. The van der Waals surface area contributed by atoms with Crippen molar-refractivity contribution in [3.8, 4) is 11.8 Å². The van der Waals surface area contributed by atoms with Crippen LogP contribution >= 0.6 is 0 Å². The van der Waals surface area contributed by atoms with Gasteiger partial charge in [-0.15, -0.1) is 0 Å². The van der Waals surface area contributed by atoms with E-state index in [1.165, 1.54) is 0 Å². The van der Waals surface area contributed by atoms with Crippen molar-refractivity contribution in [1.82, 2.24) is 5.32 Å². The van der Waals surface area contributed by atoms with Crippen LogP contribution in [0, 0.1) is 25.2 Å². The largest absolute Gasteiger partial charge is 0.494 e. The topological polar surface area (TPSA) is 100 Å². The Hall–Kier alpha value is -3.79. The fraction of sp³-hybridized carbons (Fsp3) is 0.261. The number of H-pyrrole nitrogens is 1. The zero-order valence-electron chi connectivity index (χ0n) is 17.4. The molecule has 4 N–H and O–H groups in total. The first kappa shape index (κ1) is 20.9. The molecule has 0 aliphatic heterocycles. The molecule has 0 spiro atoms. The maximum atomic E-state index is 12.2. The van der Waals surface area contributed by atoms with Crippen molar-refractivity contribution >= 4 is 28.4 Å². The molecule has 1 aromatic heterocycles. The van der Waals surface area contributed by atoms with E-state index in [2.05, 4.69) is 27.0 Å². The van der Waals surface area contributed by atoms with Crippen molar-refractivity contribution in [3.63, 3.8) is 0 Å². The van der Waals surface area contributed by atoms with Gasteiger partial charge in [-0.3, -0.25) is 5.32 Å². The normalized spacial score (nSPS) is 10.3. The average Bonchev–Trinajstić information content (AvgIpc) is 2.73. The highest BCUT2D eigenvalue weighted by Crippen LogP contribution is 2.21. The van der Waals surface area contributed by atoms with Crippen LogP contribution in [0.5, 0.6) is 5.75 Å². The molecule has 2 amide bonds. The Balaban J connectivity index is 1.59. The van der Waals surface area contributed by atoms with E-state index in [0.29, 0.717) is 31.1 Å². The highest BCUT2D eigenvalue weighted by molar-refractivity contribution is 5.91. The van der Waals surface area contributed by atoms with Crippen LogP contribution in [0.2, 0.25) is 0 Å². The first-order chi connectivity index (χ1) is 14.5. The zero-order chi connectivity index (χ0) is 21.5. The number of rotatable bonds is 7. The van der Waals surface area contributed by atoms with E-state index in [1.807, 2.05) is 63.2 Å². The van der Waals surface area contributed by atoms with Crippen molar-refractivity contribution in [1.29, 1.82) is 5.26 Å². The SMILES string of the molecule is CCOc1ccc2[nH+]c(NCCNC(=O)Nc3c(C)cccc3C)c(C#N)cc2c1. The number of nitrogens with zero attached hydrogens (tertiary/aromatic N) is 1. The van der Waals surface area contributed by atoms with Gasteiger partial charge in [-0.2, -0.15) is 5.26 Å². The van der Waals surface area contributed by atoms with E-state index in [1.54, 1.807) is 0 Å². The van der Waals surface area contributed by atoms with Gasteiger partial charge >= 0.3 is 6.03 Å². The molecule has 7 heteroatoms. The summed E-state index contributed by atoms with van der Waals surface area (Å²) < 4.78 is 5.52. The number of hydrogen-bond acceptors (Lipinski definition) is 4. The number of amides is 2. The maximum absolute atomic E-state index is 12.2. The van der Waals surface area contributed by atoms with E-state index in [9.17, 15) is 10.1 Å². The number of urea groups is 1. The van der Waals surface area contributed by atoms with Crippen LogP contribution in [0.3, 0.4) is 0 Å². The number of ether oxygens (including phenoxy) is 1. The number of carbonyl (C=O) groups is 1. The van der Waals surface area contributed by atoms with Crippen LogP contribution in [0.1, 0.15) is 23.6 Å². The van der Waals surface area contributed by atoms with Crippen molar-refractivity contribution in [3.05, 3.63) is 59.2 Å². The molecule has 0 saturated heterocycles. The molecule has 2 aromatic carbocycles. The Morgan fingerprint density at radius 1 is 1.13 bits per heavy atom. The maximum Gasteiger partial charge on any atom is 0.319 e. The van der Waals surface area contributed by atoms with Crippen molar-refractivity contribution in [2.24, 2.45) is 0 Å². The Morgan fingerprint density at radius 2 is 1.90 bits per heavy atom. The molecule has 1 heterocycles. The fourth-order valence-corrected chi connectivity index (χ4v) is 3.22. The van der Waals surface area contributed by atoms with E-state index < -0.39 is 0 Å². The highest BCUT2D eigenvalue weighted by Gasteiger charge is 2.13. The molecule has 154 valence electrons. The van der Waals surface area contributed by atoms with Crippen LogP contribution in [-0.2, 0) is 0 Å². The second-order valence-corrected chi connectivity index (χ2v) is 6.93. The van der Waals surface area contributed by atoms with Gasteiger partial charge in [-0.25, -0.2) is 9.78 Å². The first-order valence-corrected chi connectivity index (χ1v) is 9.89. The molecule has 3 rings (SSSR count). The molecule has 0 radical (unpaired) electrons. The van der Waals surface area contributed by atoms with Gasteiger partial charge in [0.05, 0.1) is 13.2 Å². The molecular formula is C23H26N5O2+. The minimum absolute atomic E-state index is 0.263. The summed E-state index contributed by atoms with van der Waals surface area (Å²) in [5.74, 6) is 1.38. The van der Waals surface area contributed by atoms with Gasteiger partial charge in [-0.05, 0) is 56.2 Å². The summed E-state index contributed by atoms with van der Waals surface area (Å²) in [7, 11) is 0. The number of pyridine rings is 1. The third kappa shape index (κ3) is 4.97. The summed E-state index contributed by atoms with van der Waals surface area (Å²) in [5.41, 5.74) is 4.24.